The Morgan fingerprint density at radius 3 is 2.73 bits per heavy atom. The zero-order valence-electron chi connectivity index (χ0n) is 13.3. The van der Waals surface area contributed by atoms with E-state index in [-0.39, 0.29) is 5.91 Å². The number of nitrogens with one attached hydrogen (secondary N) is 1. The number of nitrogen functional groups attached to an aromatic ring is 1. The third kappa shape index (κ3) is 3.30. The standard InChI is InChI=1S/C15H20N6O/c1-5-21-15(16)14(9-17-21)19-12-7-6-11(20(3)4)8-13(12)18-10(2)22/h6-9H,5H2,1-4H3,(H2,16,17,18,22)/p+1. The number of amides is 1. The number of rotatable bonds is 3. The summed E-state index contributed by atoms with van der Waals surface area (Å²) in [5.74, 6) is 0.359. The molecule has 1 aliphatic carbocycles. The van der Waals surface area contributed by atoms with Gasteiger partial charge >= 0.3 is 0 Å². The summed E-state index contributed by atoms with van der Waals surface area (Å²) in [7, 11) is 3.87. The molecule has 22 heavy (non-hydrogen) atoms. The first-order valence-corrected chi connectivity index (χ1v) is 7.04. The average Bonchev–Trinajstić information content (AvgIpc) is 2.80. The van der Waals surface area contributed by atoms with Crippen molar-refractivity contribution in [2.75, 3.05) is 19.8 Å². The van der Waals surface area contributed by atoms with Crippen LogP contribution in [0.1, 0.15) is 13.8 Å². The number of aliphatic imine (C=N–C) groups is 1. The van der Waals surface area contributed by atoms with Crippen LogP contribution in [-0.2, 0) is 11.3 Å². The zero-order chi connectivity index (χ0) is 16.3. The largest absolute Gasteiger partial charge is 0.382 e. The molecular formula is C15H21N6O+. The molecule has 1 heterocycles. The van der Waals surface area contributed by atoms with Crippen LogP contribution in [0.2, 0.25) is 0 Å². The molecule has 7 nitrogen and oxygen atoms in total. The lowest BCUT2D eigenvalue weighted by molar-refractivity contribution is -0.462. The number of anilines is 1. The minimum Gasteiger partial charge on any atom is -0.382 e. The molecule has 7 heteroatoms. The number of hydrogen-bond acceptors (Lipinski definition) is 4. The van der Waals surface area contributed by atoms with Gasteiger partial charge in [-0.15, -0.1) is 0 Å². The molecular weight excluding hydrogens is 280 g/mol. The molecule has 0 atom stereocenters. The minimum atomic E-state index is -0.149. The Labute approximate surface area is 129 Å². The SMILES string of the molecule is CCn1ncc(/N=C2/C=CC(=[N+](C)C)C=C2NC(C)=O)c1N. The van der Waals surface area contributed by atoms with E-state index in [0.29, 0.717) is 29.5 Å². The van der Waals surface area contributed by atoms with Crippen molar-refractivity contribution < 1.29 is 9.37 Å². The quantitative estimate of drug-likeness (QED) is 0.641. The summed E-state index contributed by atoms with van der Waals surface area (Å²) < 4.78 is 3.63. The summed E-state index contributed by atoms with van der Waals surface area (Å²) in [6, 6.07) is 0. The number of nitrogens with zero attached hydrogens (tertiary/aromatic N) is 4. The van der Waals surface area contributed by atoms with Crippen LogP contribution in [0.5, 0.6) is 0 Å². The summed E-state index contributed by atoms with van der Waals surface area (Å²) >= 11 is 0. The van der Waals surface area contributed by atoms with Gasteiger partial charge in [-0.25, -0.2) is 14.2 Å². The molecule has 0 aliphatic heterocycles. The molecule has 0 fully saturated rings. The van der Waals surface area contributed by atoms with Gasteiger partial charge in [0.05, 0.1) is 17.6 Å². The molecule has 0 bridgehead atoms. The lowest BCUT2D eigenvalue weighted by atomic mass is 10.1. The normalized spacial score (nSPS) is 15.9. The second-order valence-electron chi connectivity index (χ2n) is 5.12. The fourth-order valence-corrected chi connectivity index (χ4v) is 2.04. The van der Waals surface area contributed by atoms with E-state index in [4.69, 9.17) is 5.73 Å². The van der Waals surface area contributed by atoms with Crippen molar-refractivity contribution in [2.24, 2.45) is 4.99 Å². The molecule has 1 aromatic rings. The topological polar surface area (TPSA) is 88.3 Å². The summed E-state index contributed by atoms with van der Waals surface area (Å²) in [5.41, 5.74) is 8.85. The van der Waals surface area contributed by atoms with Crippen LogP contribution in [0.3, 0.4) is 0 Å². The average molecular weight is 301 g/mol. The number of carbonyl (C=O) groups is 1. The maximum atomic E-state index is 11.4. The first-order chi connectivity index (χ1) is 10.4. The van der Waals surface area contributed by atoms with Gasteiger partial charge in [0.15, 0.2) is 0 Å². The van der Waals surface area contributed by atoms with Crippen LogP contribution >= 0.6 is 0 Å². The van der Waals surface area contributed by atoms with Crippen molar-refractivity contribution in [1.82, 2.24) is 15.1 Å². The van der Waals surface area contributed by atoms with Crippen molar-refractivity contribution >= 4 is 28.8 Å². The maximum absolute atomic E-state index is 11.4. The third-order valence-electron chi connectivity index (χ3n) is 3.21. The predicted octanol–water partition coefficient (Wildman–Crippen LogP) is 0.861. The highest BCUT2D eigenvalue weighted by atomic mass is 16.1. The van der Waals surface area contributed by atoms with Gasteiger partial charge in [0.25, 0.3) is 0 Å². The molecule has 0 radical (unpaired) electrons. The smallest absolute Gasteiger partial charge is 0.221 e. The molecule has 0 aromatic carbocycles. The van der Waals surface area contributed by atoms with Crippen LogP contribution in [0.4, 0.5) is 11.5 Å². The van der Waals surface area contributed by atoms with Crippen molar-refractivity contribution in [3.8, 4) is 0 Å². The summed E-state index contributed by atoms with van der Waals surface area (Å²) in [6.45, 7) is 4.11. The monoisotopic (exact) mass is 301 g/mol. The van der Waals surface area contributed by atoms with E-state index >= 15 is 0 Å². The van der Waals surface area contributed by atoms with Gasteiger partial charge in [-0.1, -0.05) is 0 Å². The van der Waals surface area contributed by atoms with E-state index in [9.17, 15) is 4.79 Å². The molecule has 1 amide bonds. The van der Waals surface area contributed by atoms with Crippen LogP contribution in [0.25, 0.3) is 0 Å². The highest BCUT2D eigenvalue weighted by Crippen LogP contribution is 2.22. The molecule has 1 aromatic heterocycles. The number of carbonyl (C=O) groups excluding carboxylic acids is 1. The van der Waals surface area contributed by atoms with E-state index in [0.717, 1.165) is 5.71 Å². The lowest BCUT2D eigenvalue weighted by Crippen LogP contribution is -2.28. The van der Waals surface area contributed by atoms with Crippen molar-refractivity contribution in [3.05, 3.63) is 30.1 Å². The van der Waals surface area contributed by atoms with E-state index in [2.05, 4.69) is 15.4 Å². The Morgan fingerprint density at radius 2 is 2.18 bits per heavy atom. The maximum Gasteiger partial charge on any atom is 0.221 e. The van der Waals surface area contributed by atoms with Gasteiger partial charge < -0.3 is 11.1 Å². The first kappa shape index (κ1) is 15.7. The number of allylic oxidation sites excluding steroid dienone is 3. The van der Waals surface area contributed by atoms with E-state index in [1.54, 1.807) is 10.9 Å². The number of aromatic nitrogens is 2. The number of nitrogens with two attached hydrogens (primary N) is 1. The number of aryl methyl sites for hydroxylation is 1. The highest BCUT2D eigenvalue weighted by molar-refractivity contribution is 6.21. The van der Waals surface area contributed by atoms with Crippen LogP contribution in [0.15, 0.2) is 35.1 Å². The molecule has 2 rings (SSSR count). The zero-order valence-corrected chi connectivity index (χ0v) is 13.3. The summed E-state index contributed by atoms with van der Waals surface area (Å²) in [6.07, 6.45) is 7.28. The van der Waals surface area contributed by atoms with Gasteiger partial charge in [-0.2, -0.15) is 5.10 Å². The van der Waals surface area contributed by atoms with E-state index in [1.807, 2.05) is 43.8 Å². The van der Waals surface area contributed by atoms with Crippen molar-refractivity contribution in [3.63, 3.8) is 0 Å². The Balaban J connectivity index is 2.44. The Hall–Kier alpha value is -2.70. The fourth-order valence-electron chi connectivity index (χ4n) is 2.04. The highest BCUT2D eigenvalue weighted by Gasteiger charge is 2.16. The Morgan fingerprint density at radius 1 is 1.45 bits per heavy atom. The van der Waals surface area contributed by atoms with Crippen molar-refractivity contribution in [2.45, 2.75) is 20.4 Å². The van der Waals surface area contributed by atoms with Crippen LogP contribution in [0, 0.1) is 0 Å². The Kier molecular flexibility index (Phi) is 4.55. The van der Waals surface area contributed by atoms with Gasteiger partial charge in [0.2, 0.25) is 11.6 Å². The first-order valence-electron chi connectivity index (χ1n) is 7.04. The lowest BCUT2D eigenvalue weighted by Gasteiger charge is -2.12. The molecule has 0 spiro atoms. The molecule has 3 N–H and O–H groups in total. The van der Waals surface area contributed by atoms with Crippen LogP contribution in [-0.4, -0.2) is 45.8 Å². The second kappa shape index (κ2) is 6.38. The minimum absolute atomic E-state index is 0.149. The number of hydrogen-bond donors (Lipinski definition) is 2. The molecule has 0 saturated carbocycles. The second-order valence-corrected chi connectivity index (χ2v) is 5.12. The van der Waals surface area contributed by atoms with E-state index < -0.39 is 0 Å². The summed E-state index contributed by atoms with van der Waals surface area (Å²) in [5, 5.41) is 6.97. The van der Waals surface area contributed by atoms with Gasteiger partial charge in [-0.05, 0) is 13.0 Å². The van der Waals surface area contributed by atoms with Crippen LogP contribution < -0.4 is 11.1 Å². The van der Waals surface area contributed by atoms with Gasteiger partial charge in [-0.3, -0.25) is 4.79 Å². The molecule has 116 valence electrons. The predicted molar refractivity (Wildman–Crippen MR) is 87.6 cm³/mol. The molecule has 0 unspecified atom stereocenters. The third-order valence-corrected chi connectivity index (χ3v) is 3.21. The van der Waals surface area contributed by atoms with E-state index in [1.165, 1.54) is 6.92 Å². The molecule has 0 saturated heterocycles. The summed E-state index contributed by atoms with van der Waals surface area (Å²) in [4.78, 5) is 15.9. The van der Waals surface area contributed by atoms with Crippen molar-refractivity contribution in [1.29, 1.82) is 0 Å². The molecule has 1 aliphatic rings. The van der Waals surface area contributed by atoms with Gasteiger partial charge in [0, 0.05) is 25.6 Å². The van der Waals surface area contributed by atoms with Gasteiger partial charge in [0.1, 0.15) is 25.6 Å². The Bertz CT molecular complexity index is 716. The fraction of sp³-hybridized carbons (Fsp3) is 0.333.